The number of alkyl halides is 3. The minimum Gasteiger partial charge on any atom is -0.489 e. The van der Waals surface area contributed by atoms with Gasteiger partial charge >= 0.3 is 6.18 Å². The van der Waals surface area contributed by atoms with E-state index < -0.39 is 11.7 Å². The van der Waals surface area contributed by atoms with Gasteiger partial charge in [-0.05, 0) is 30.2 Å². The van der Waals surface area contributed by atoms with E-state index >= 15 is 0 Å². The molecule has 0 saturated carbocycles. The first-order valence-corrected chi connectivity index (χ1v) is 6.77. The number of benzene rings is 1. The molecule has 0 spiro atoms. The van der Waals surface area contributed by atoms with Crippen molar-refractivity contribution in [3.63, 3.8) is 0 Å². The first-order valence-electron chi connectivity index (χ1n) is 6.77. The normalized spacial score (nSPS) is 13.8. The molecule has 0 bridgehead atoms. The molecular weight excluding hydrogens is 267 g/mol. The quantitative estimate of drug-likeness (QED) is 0.851. The van der Waals surface area contributed by atoms with Gasteiger partial charge in [0.1, 0.15) is 11.9 Å². The van der Waals surface area contributed by atoms with Crippen molar-refractivity contribution >= 4 is 0 Å². The van der Waals surface area contributed by atoms with E-state index in [9.17, 15) is 13.2 Å². The molecule has 1 rings (SSSR count). The number of hydrogen-bond donors (Lipinski definition) is 1. The van der Waals surface area contributed by atoms with Crippen molar-refractivity contribution in [3.05, 3.63) is 29.8 Å². The van der Waals surface area contributed by atoms with Gasteiger partial charge in [0, 0.05) is 12.6 Å². The Labute approximate surface area is 118 Å². The highest BCUT2D eigenvalue weighted by molar-refractivity contribution is 5.29. The minimum atomic E-state index is -4.31. The molecule has 0 radical (unpaired) electrons. The Morgan fingerprint density at radius 1 is 1.05 bits per heavy atom. The summed E-state index contributed by atoms with van der Waals surface area (Å²) in [6, 6.07) is 5.17. The number of rotatable bonds is 6. The van der Waals surface area contributed by atoms with Crippen LogP contribution < -0.4 is 10.1 Å². The monoisotopic (exact) mass is 289 g/mol. The summed E-state index contributed by atoms with van der Waals surface area (Å²) in [5.41, 5.74) is -0.661. The standard InChI is InChI=1S/C15H22F3NO/c1-10(2)14(9-19-11(3)4)20-13-7-5-12(6-8-13)15(16,17)18/h5-8,10-11,14,19H,9H2,1-4H3. The van der Waals surface area contributed by atoms with Crippen LogP contribution in [0.1, 0.15) is 33.3 Å². The summed E-state index contributed by atoms with van der Waals surface area (Å²) in [5, 5.41) is 3.28. The van der Waals surface area contributed by atoms with E-state index in [2.05, 4.69) is 5.32 Å². The van der Waals surface area contributed by atoms with Gasteiger partial charge < -0.3 is 10.1 Å². The molecule has 0 aliphatic carbocycles. The van der Waals surface area contributed by atoms with Gasteiger partial charge in [0.05, 0.1) is 5.56 Å². The van der Waals surface area contributed by atoms with Crippen LogP contribution in [0.4, 0.5) is 13.2 Å². The first-order chi connectivity index (χ1) is 9.20. The second-order valence-electron chi connectivity index (χ2n) is 5.49. The third kappa shape index (κ3) is 5.41. The molecule has 0 fully saturated rings. The summed E-state index contributed by atoms with van der Waals surface area (Å²) < 4.78 is 43.2. The number of ether oxygens (including phenoxy) is 1. The van der Waals surface area contributed by atoms with Crippen LogP contribution in [0.25, 0.3) is 0 Å². The zero-order valence-electron chi connectivity index (χ0n) is 12.3. The van der Waals surface area contributed by atoms with Crippen molar-refractivity contribution in [1.82, 2.24) is 5.32 Å². The summed E-state index contributed by atoms with van der Waals surface area (Å²) in [5.74, 6) is 0.728. The molecule has 2 nitrogen and oxygen atoms in total. The van der Waals surface area contributed by atoms with Gasteiger partial charge in [-0.1, -0.05) is 27.7 Å². The van der Waals surface area contributed by atoms with Crippen molar-refractivity contribution in [1.29, 1.82) is 0 Å². The number of nitrogens with one attached hydrogen (secondary N) is 1. The van der Waals surface area contributed by atoms with E-state index in [4.69, 9.17) is 4.74 Å². The van der Waals surface area contributed by atoms with Crippen LogP contribution in [-0.4, -0.2) is 18.7 Å². The molecule has 0 aliphatic rings. The largest absolute Gasteiger partial charge is 0.489 e. The molecule has 1 atom stereocenters. The molecule has 1 aromatic rings. The predicted octanol–water partition coefficient (Wildman–Crippen LogP) is 4.11. The molecule has 0 aromatic heterocycles. The average Bonchev–Trinajstić information content (AvgIpc) is 2.33. The van der Waals surface area contributed by atoms with Crippen LogP contribution in [0.2, 0.25) is 0 Å². The highest BCUT2D eigenvalue weighted by atomic mass is 19.4. The van der Waals surface area contributed by atoms with E-state index in [1.165, 1.54) is 12.1 Å². The first kappa shape index (κ1) is 16.8. The van der Waals surface area contributed by atoms with E-state index in [0.717, 1.165) is 12.1 Å². The van der Waals surface area contributed by atoms with Gasteiger partial charge in [-0.25, -0.2) is 0 Å². The van der Waals surface area contributed by atoms with E-state index in [1.807, 2.05) is 27.7 Å². The second kappa shape index (κ2) is 6.97. The average molecular weight is 289 g/mol. The van der Waals surface area contributed by atoms with Gasteiger partial charge in [-0.3, -0.25) is 0 Å². The Kier molecular flexibility index (Phi) is 5.87. The fraction of sp³-hybridized carbons (Fsp3) is 0.600. The van der Waals surface area contributed by atoms with E-state index in [1.54, 1.807) is 0 Å². The number of hydrogen-bond acceptors (Lipinski definition) is 2. The fourth-order valence-electron chi connectivity index (χ4n) is 1.66. The van der Waals surface area contributed by atoms with Crippen LogP contribution in [0.3, 0.4) is 0 Å². The maximum atomic E-state index is 12.5. The van der Waals surface area contributed by atoms with Crippen LogP contribution in [0.15, 0.2) is 24.3 Å². The topological polar surface area (TPSA) is 21.3 Å². The predicted molar refractivity (Wildman–Crippen MR) is 73.8 cm³/mol. The highest BCUT2D eigenvalue weighted by Gasteiger charge is 2.30. The molecule has 114 valence electrons. The third-order valence-electron chi connectivity index (χ3n) is 2.94. The van der Waals surface area contributed by atoms with Gasteiger partial charge in [-0.15, -0.1) is 0 Å². The van der Waals surface area contributed by atoms with Gasteiger partial charge in [-0.2, -0.15) is 13.2 Å². The molecular formula is C15H22F3NO. The van der Waals surface area contributed by atoms with Crippen molar-refractivity contribution < 1.29 is 17.9 Å². The second-order valence-corrected chi connectivity index (χ2v) is 5.49. The van der Waals surface area contributed by atoms with Crippen molar-refractivity contribution in [2.24, 2.45) is 5.92 Å². The summed E-state index contributed by atoms with van der Waals surface area (Å²) >= 11 is 0. The summed E-state index contributed by atoms with van der Waals surface area (Å²) in [6.07, 6.45) is -4.39. The lowest BCUT2D eigenvalue weighted by atomic mass is 10.1. The van der Waals surface area contributed by atoms with Crippen LogP contribution in [0.5, 0.6) is 5.75 Å². The molecule has 1 N–H and O–H groups in total. The van der Waals surface area contributed by atoms with Crippen LogP contribution in [-0.2, 0) is 6.18 Å². The SMILES string of the molecule is CC(C)NCC(Oc1ccc(C(F)(F)F)cc1)C(C)C. The Morgan fingerprint density at radius 2 is 1.60 bits per heavy atom. The van der Waals surface area contributed by atoms with E-state index in [-0.39, 0.29) is 12.0 Å². The highest BCUT2D eigenvalue weighted by Crippen LogP contribution is 2.30. The molecule has 20 heavy (non-hydrogen) atoms. The third-order valence-corrected chi connectivity index (χ3v) is 2.94. The molecule has 0 amide bonds. The van der Waals surface area contributed by atoms with E-state index in [0.29, 0.717) is 18.3 Å². The summed E-state index contributed by atoms with van der Waals surface area (Å²) in [4.78, 5) is 0. The fourth-order valence-corrected chi connectivity index (χ4v) is 1.66. The lowest BCUT2D eigenvalue weighted by Gasteiger charge is -2.24. The maximum Gasteiger partial charge on any atom is 0.416 e. The minimum absolute atomic E-state index is 0.0749. The smallest absolute Gasteiger partial charge is 0.416 e. The maximum absolute atomic E-state index is 12.5. The van der Waals surface area contributed by atoms with Crippen molar-refractivity contribution in [2.75, 3.05) is 6.54 Å². The van der Waals surface area contributed by atoms with Crippen LogP contribution >= 0.6 is 0 Å². The Hall–Kier alpha value is -1.23. The number of halogens is 3. The molecule has 0 heterocycles. The lowest BCUT2D eigenvalue weighted by molar-refractivity contribution is -0.137. The Morgan fingerprint density at radius 3 is 2.00 bits per heavy atom. The lowest BCUT2D eigenvalue weighted by Crippen LogP contribution is -2.38. The molecule has 0 aliphatic heterocycles. The van der Waals surface area contributed by atoms with Gasteiger partial charge in [0.15, 0.2) is 0 Å². The summed E-state index contributed by atoms with van der Waals surface area (Å²) in [6.45, 7) is 8.79. The van der Waals surface area contributed by atoms with Crippen molar-refractivity contribution in [2.45, 2.75) is 46.0 Å². The zero-order chi connectivity index (χ0) is 15.3. The molecule has 1 aromatic carbocycles. The summed E-state index contributed by atoms with van der Waals surface area (Å²) in [7, 11) is 0. The molecule has 5 heteroatoms. The van der Waals surface area contributed by atoms with Crippen molar-refractivity contribution in [3.8, 4) is 5.75 Å². The Bertz CT molecular complexity index is 399. The zero-order valence-corrected chi connectivity index (χ0v) is 12.3. The Balaban J connectivity index is 2.69. The van der Waals surface area contributed by atoms with Crippen LogP contribution in [0, 0.1) is 5.92 Å². The molecule has 0 saturated heterocycles. The molecule has 1 unspecified atom stereocenters. The van der Waals surface area contributed by atoms with Gasteiger partial charge in [0.25, 0.3) is 0 Å². The van der Waals surface area contributed by atoms with Gasteiger partial charge in [0.2, 0.25) is 0 Å².